The summed E-state index contributed by atoms with van der Waals surface area (Å²) >= 11 is 0. The molecule has 0 spiro atoms. The summed E-state index contributed by atoms with van der Waals surface area (Å²) in [4.78, 5) is 0. The number of nitrogens with one attached hydrogen (secondary N) is 1. The summed E-state index contributed by atoms with van der Waals surface area (Å²) in [7, 11) is -1.54. The lowest BCUT2D eigenvalue weighted by Gasteiger charge is -2.23. The molecule has 0 radical (unpaired) electrons. The van der Waals surface area contributed by atoms with Gasteiger partial charge in [-0.2, -0.15) is 0 Å². The molecule has 6 heavy (non-hydrogen) atoms. The van der Waals surface area contributed by atoms with E-state index in [1.54, 1.807) is 0 Å². The van der Waals surface area contributed by atoms with E-state index >= 15 is 0 Å². The first-order valence-electron chi connectivity index (χ1n) is 1.30. The Bertz CT molecular complexity index is 41.3. The summed E-state index contributed by atoms with van der Waals surface area (Å²) in [5.41, 5.74) is 0. The van der Waals surface area contributed by atoms with Gasteiger partial charge in [0.2, 0.25) is 0 Å². The van der Waals surface area contributed by atoms with Crippen LogP contribution in [0.2, 0.25) is 0 Å². The molecule has 0 atom stereocenters. The third-order valence-corrected chi connectivity index (χ3v) is 0.901. The van der Waals surface area contributed by atoms with Crippen molar-refractivity contribution in [2.75, 3.05) is 7.05 Å². The lowest BCUT2D eigenvalue weighted by atomic mass is 11.6. The van der Waals surface area contributed by atoms with E-state index in [1.165, 1.54) is 7.05 Å². The fourth-order valence-corrected chi connectivity index (χ4v) is 0. The molecule has 0 rings (SSSR count). The molecule has 0 aromatic rings. The van der Waals surface area contributed by atoms with Crippen LogP contribution >= 0.6 is 11.0 Å². The van der Waals surface area contributed by atoms with Gasteiger partial charge in [0.05, 0.1) is 0 Å². The van der Waals surface area contributed by atoms with Crippen LogP contribution in [0.4, 0.5) is 0 Å². The Morgan fingerprint density at radius 2 is 1.83 bits per heavy atom. The lowest BCUT2D eigenvalue weighted by molar-refractivity contribution is 0.478. The van der Waals surface area contributed by atoms with Gasteiger partial charge in [-0.3, -0.25) is 9.11 Å². The molecule has 0 aliphatic rings. The summed E-state index contributed by atoms with van der Waals surface area (Å²) in [5, 5.41) is 4.62. The van der Waals surface area contributed by atoms with E-state index in [9.17, 15) is 0 Å². The standard InChI is InChI=1S/CH8N2O2S/c1-3-6(2,4)5/h3-5H,2H2,1H3. The monoisotopic (exact) mass is 112 g/mol. The zero-order valence-corrected chi connectivity index (χ0v) is 4.20. The summed E-state index contributed by atoms with van der Waals surface area (Å²) in [6.07, 6.45) is 0. The van der Waals surface area contributed by atoms with Gasteiger partial charge in [0, 0.05) is 7.05 Å². The molecule has 5 heteroatoms. The van der Waals surface area contributed by atoms with Crippen molar-refractivity contribution in [2.45, 2.75) is 0 Å². The highest BCUT2D eigenvalue weighted by Gasteiger charge is 1.92. The molecule has 0 amide bonds. The van der Waals surface area contributed by atoms with Crippen LogP contribution < -0.4 is 9.86 Å². The Morgan fingerprint density at radius 1 is 1.67 bits per heavy atom. The van der Waals surface area contributed by atoms with Crippen molar-refractivity contribution in [3.63, 3.8) is 0 Å². The van der Waals surface area contributed by atoms with Crippen molar-refractivity contribution in [1.82, 2.24) is 4.72 Å². The maximum atomic E-state index is 8.13. The number of nitrogens with two attached hydrogens (primary N) is 1. The number of hydrogen-bond acceptors (Lipinski definition) is 4. The van der Waals surface area contributed by atoms with Crippen LogP contribution in [0.25, 0.3) is 0 Å². The molecule has 0 unspecified atom stereocenters. The zero-order valence-electron chi connectivity index (χ0n) is 3.38. The Kier molecular flexibility index (Phi) is 1.82. The van der Waals surface area contributed by atoms with Gasteiger partial charge in [0.15, 0.2) is 0 Å². The first-order chi connectivity index (χ1) is 2.56. The quantitative estimate of drug-likeness (QED) is 0.377. The molecule has 5 N–H and O–H groups in total. The second-order valence-corrected chi connectivity index (χ2v) is 2.39. The van der Waals surface area contributed by atoms with Gasteiger partial charge in [-0.15, -0.1) is 0 Å². The normalized spacial score (nSPS) is 14.7. The average Bonchev–Trinajstić information content (AvgIpc) is 1.35. The Labute approximate surface area is 38.0 Å². The van der Waals surface area contributed by atoms with Crippen LogP contribution in [-0.2, 0) is 0 Å². The molecule has 0 aliphatic heterocycles. The summed E-state index contributed by atoms with van der Waals surface area (Å²) in [6, 6.07) is 0. The van der Waals surface area contributed by atoms with Crippen molar-refractivity contribution >= 4 is 11.0 Å². The molecule has 0 heterocycles. The summed E-state index contributed by atoms with van der Waals surface area (Å²) in [6.45, 7) is 0. The highest BCUT2D eigenvalue weighted by atomic mass is 32.3. The van der Waals surface area contributed by atoms with Crippen LogP contribution in [0.5, 0.6) is 0 Å². The maximum Gasteiger partial charge on any atom is 0.00458 e. The Morgan fingerprint density at radius 3 is 1.83 bits per heavy atom. The summed E-state index contributed by atoms with van der Waals surface area (Å²) in [5.74, 6) is 0. The van der Waals surface area contributed by atoms with Crippen LogP contribution in [0.1, 0.15) is 0 Å². The molecule has 0 aliphatic carbocycles. The van der Waals surface area contributed by atoms with Gasteiger partial charge >= 0.3 is 0 Å². The van der Waals surface area contributed by atoms with E-state index in [2.05, 4.69) is 9.86 Å². The van der Waals surface area contributed by atoms with Crippen molar-refractivity contribution < 1.29 is 9.11 Å². The number of hydrogen-bond donors (Lipinski definition) is 4. The fraction of sp³-hybridized carbons (Fsp3) is 1.00. The van der Waals surface area contributed by atoms with Crippen LogP contribution in [-0.4, -0.2) is 16.2 Å². The van der Waals surface area contributed by atoms with Crippen molar-refractivity contribution in [3.8, 4) is 0 Å². The van der Waals surface area contributed by atoms with Crippen molar-refractivity contribution in [3.05, 3.63) is 0 Å². The highest BCUT2D eigenvalue weighted by molar-refractivity contribution is 8.20. The maximum absolute atomic E-state index is 8.13. The van der Waals surface area contributed by atoms with E-state index < -0.39 is 11.0 Å². The minimum atomic E-state index is -2.91. The van der Waals surface area contributed by atoms with E-state index in [0.29, 0.717) is 0 Å². The summed E-state index contributed by atoms with van der Waals surface area (Å²) < 4.78 is 18.3. The van der Waals surface area contributed by atoms with E-state index in [-0.39, 0.29) is 0 Å². The molecular formula is CH8N2O2S. The largest absolute Gasteiger partial charge is 0.273 e. The van der Waals surface area contributed by atoms with Gasteiger partial charge in [-0.05, 0) is 0 Å². The van der Waals surface area contributed by atoms with Crippen LogP contribution in [0.3, 0.4) is 0 Å². The van der Waals surface area contributed by atoms with E-state index in [1.807, 2.05) is 0 Å². The van der Waals surface area contributed by atoms with Crippen LogP contribution in [0, 0.1) is 0 Å². The van der Waals surface area contributed by atoms with Crippen LogP contribution in [0.15, 0.2) is 0 Å². The van der Waals surface area contributed by atoms with Gasteiger partial charge in [0.1, 0.15) is 0 Å². The Hall–Kier alpha value is 0.190. The van der Waals surface area contributed by atoms with Crippen molar-refractivity contribution in [1.29, 1.82) is 0 Å². The first kappa shape index (κ1) is 6.19. The van der Waals surface area contributed by atoms with E-state index in [4.69, 9.17) is 9.11 Å². The minimum absolute atomic E-state index is 1.37. The van der Waals surface area contributed by atoms with Crippen molar-refractivity contribution in [2.24, 2.45) is 5.14 Å². The molecule has 0 saturated heterocycles. The third kappa shape index (κ3) is 4.19. The smallest absolute Gasteiger partial charge is 0.00458 e. The van der Waals surface area contributed by atoms with E-state index in [0.717, 1.165) is 0 Å². The fourth-order valence-electron chi connectivity index (χ4n) is 0. The van der Waals surface area contributed by atoms with Gasteiger partial charge in [-0.25, -0.2) is 9.86 Å². The molecule has 4 nitrogen and oxygen atoms in total. The zero-order chi connectivity index (χ0) is 5.21. The number of rotatable bonds is 1. The second-order valence-electron chi connectivity index (χ2n) is 0.797. The molecule has 0 fully saturated rings. The SMILES string of the molecule is CNS(N)(O)O. The van der Waals surface area contributed by atoms with Gasteiger partial charge in [-0.1, -0.05) is 11.0 Å². The predicted octanol–water partition coefficient (Wildman–Crippen LogP) is -0.255. The topological polar surface area (TPSA) is 78.5 Å². The molecule has 0 bridgehead atoms. The predicted molar refractivity (Wildman–Crippen MR) is 26.1 cm³/mol. The Balaban J connectivity index is 3.17. The lowest BCUT2D eigenvalue weighted by Crippen LogP contribution is -2.21. The molecule has 0 saturated carbocycles. The van der Waals surface area contributed by atoms with Gasteiger partial charge < -0.3 is 0 Å². The molecule has 40 valence electrons. The molecular weight excluding hydrogens is 104 g/mol. The van der Waals surface area contributed by atoms with Gasteiger partial charge in [0.25, 0.3) is 0 Å². The second kappa shape index (κ2) is 1.76. The molecule has 0 aromatic carbocycles. The third-order valence-electron chi connectivity index (χ3n) is 0.300. The average molecular weight is 112 g/mol. The first-order valence-corrected chi connectivity index (χ1v) is 2.91. The molecule has 0 aromatic heterocycles. The minimum Gasteiger partial charge on any atom is -0.273 e. The highest BCUT2D eigenvalue weighted by Crippen LogP contribution is 2.18.